The lowest BCUT2D eigenvalue weighted by Gasteiger charge is -2.30. The highest BCUT2D eigenvalue weighted by molar-refractivity contribution is 6.35. The normalized spacial score (nSPS) is 17.6. The van der Waals surface area contributed by atoms with E-state index in [1.54, 1.807) is 42.5 Å². The van der Waals surface area contributed by atoms with Gasteiger partial charge in [0.15, 0.2) is 11.6 Å². The van der Waals surface area contributed by atoms with Crippen molar-refractivity contribution in [2.75, 3.05) is 13.2 Å². The summed E-state index contributed by atoms with van der Waals surface area (Å²) in [6, 6.07) is 24.7. The molecular formula is C35H30Cl2F2N2O4. The van der Waals surface area contributed by atoms with Crippen LogP contribution >= 0.6 is 23.2 Å². The number of nitrogens with zero attached hydrogens (tertiary/aromatic N) is 1. The molecule has 0 radical (unpaired) electrons. The number of aliphatic hydroxyl groups excluding tert-OH is 1. The van der Waals surface area contributed by atoms with Crippen molar-refractivity contribution in [2.24, 2.45) is 4.99 Å². The van der Waals surface area contributed by atoms with E-state index in [2.05, 4.69) is 5.32 Å². The van der Waals surface area contributed by atoms with Crippen LogP contribution in [0.2, 0.25) is 10.0 Å². The van der Waals surface area contributed by atoms with Gasteiger partial charge in [0.1, 0.15) is 17.4 Å². The molecule has 232 valence electrons. The van der Waals surface area contributed by atoms with Gasteiger partial charge < -0.3 is 19.9 Å². The lowest BCUT2D eigenvalue weighted by molar-refractivity contribution is -0.129. The molecule has 5 rings (SSSR count). The zero-order valence-electron chi connectivity index (χ0n) is 24.1. The van der Waals surface area contributed by atoms with Gasteiger partial charge in [0, 0.05) is 58.8 Å². The summed E-state index contributed by atoms with van der Waals surface area (Å²) >= 11 is 12.9. The van der Waals surface area contributed by atoms with Crippen molar-refractivity contribution < 1.29 is 28.2 Å². The van der Waals surface area contributed by atoms with Crippen molar-refractivity contribution in [1.82, 2.24) is 5.32 Å². The smallest absolute Gasteiger partial charge is 0.252 e. The molecule has 0 fully saturated rings. The van der Waals surface area contributed by atoms with E-state index in [9.17, 15) is 13.6 Å². The number of rotatable bonds is 12. The van der Waals surface area contributed by atoms with Crippen LogP contribution in [0.4, 0.5) is 8.78 Å². The predicted molar refractivity (Wildman–Crippen MR) is 171 cm³/mol. The Hall–Kier alpha value is -4.24. The molecule has 1 amide bonds. The van der Waals surface area contributed by atoms with Crippen molar-refractivity contribution in [1.29, 1.82) is 0 Å². The Morgan fingerprint density at radius 3 is 2.51 bits per heavy atom. The number of hydrogen-bond donors (Lipinski definition) is 2. The van der Waals surface area contributed by atoms with Crippen LogP contribution in [0, 0.1) is 11.6 Å². The second kappa shape index (κ2) is 14.7. The molecule has 0 spiro atoms. The van der Waals surface area contributed by atoms with E-state index in [1.165, 1.54) is 6.07 Å². The average molecular weight is 652 g/mol. The van der Waals surface area contributed by atoms with E-state index in [-0.39, 0.29) is 36.1 Å². The van der Waals surface area contributed by atoms with Crippen LogP contribution in [0.15, 0.2) is 102 Å². The zero-order chi connectivity index (χ0) is 31.8. The molecule has 45 heavy (non-hydrogen) atoms. The van der Waals surface area contributed by atoms with E-state index in [0.29, 0.717) is 34.9 Å². The number of ether oxygens (including phenoxy) is 2. The van der Waals surface area contributed by atoms with Gasteiger partial charge in [0.25, 0.3) is 5.91 Å². The maximum atomic E-state index is 14.5. The fourth-order valence-electron chi connectivity index (χ4n) is 4.94. The lowest BCUT2D eigenvalue weighted by Crippen LogP contribution is -2.48. The topological polar surface area (TPSA) is 80.2 Å². The summed E-state index contributed by atoms with van der Waals surface area (Å²) in [7, 11) is 0. The van der Waals surface area contributed by atoms with Crippen molar-refractivity contribution in [3.63, 3.8) is 0 Å². The van der Waals surface area contributed by atoms with Gasteiger partial charge in [-0.3, -0.25) is 4.79 Å². The molecule has 0 bridgehead atoms. The Morgan fingerprint density at radius 2 is 1.80 bits per heavy atom. The monoisotopic (exact) mass is 650 g/mol. The Balaban J connectivity index is 1.55. The quantitative estimate of drug-likeness (QED) is 0.154. The van der Waals surface area contributed by atoms with E-state index in [1.807, 2.05) is 42.5 Å². The summed E-state index contributed by atoms with van der Waals surface area (Å²) in [5.74, 6) is -1.24. The molecule has 1 aliphatic rings. The lowest BCUT2D eigenvalue weighted by atomic mass is 9.84. The van der Waals surface area contributed by atoms with Gasteiger partial charge in [0.05, 0.1) is 6.61 Å². The van der Waals surface area contributed by atoms with Crippen molar-refractivity contribution in [3.05, 3.63) is 141 Å². The highest BCUT2D eigenvalue weighted by Gasteiger charge is 2.53. The molecule has 4 aromatic carbocycles. The Kier molecular flexibility index (Phi) is 10.5. The third-order valence-electron chi connectivity index (χ3n) is 7.27. The first-order chi connectivity index (χ1) is 21.8. The molecule has 1 heterocycles. The third-order valence-corrected chi connectivity index (χ3v) is 7.83. The minimum atomic E-state index is -1.58. The molecule has 10 heteroatoms. The number of aliphatic hydroxyl groups is 1. The van der Waals surface area contributed by atoms with Crippen molar-refractivity contribution in [2.45, 2.75) is 31.0 Å². The van der Waals surface area contributed by atoms with Gasteiger partial charge in [0.2, 0.25) is 5.90 Å². The molecular weight excluding hydrogens is 621 g/mol. The number of carbonyl (C=O) groups is 1. The first kappa shape index (κ1) is 32.2. The number of benzene rings is 4. The van der Waals surface area contributed by atoms with Gasteiger partial charge in [-0.05, 0) is 48.0 Å². The fraction of sp³-hybridized carbons (Fsp3) is 0.200. The first-order valence-electron chi connectivity index (χ1n) is 14.3. The van der Waals surface area contributed by atoms with E-state index >= 15 is 0 Å². The van der Waals surface area contributed by atoms with Crippen LogP contribution in [0.25, 0.3) is 6.08 Å². The molecule has 2 atom stereocenters. The van der Waals surface area contributed by atoms with Gasteiger partial charge in [-0.25, -0.2) is 13.8 Å². The molecule has 1 aliphatic heterocycles. The second-order valence-electron chi connectivity index (χ2n) is 10.4. The van der Waals surface area contributed by atoms with E-state index in [0.717, 1.165) is 17.7 Å². The zero-order valence-corrected chi connectivity index (χ0v) is 25.6. The maximum Gasteiger partial charge on any atom is 0.252 e. The van der Waals surface area contributed by atoms with Crippen LogP contribution in [0.3, 0.4) is 0 Å². The van der Waals surface area contributed by atoms with Gasteiger partial charge in [-0.2, -0.15) is 0 Å². The standard InChI is InChI=1S/C35H30Cl2F2N2O4/c36-26-12-16-29(30(37)20-26)32-35(17-4-8-23-6-2-1-3-7-23,34(43)40-22-25-9-13-27(38)21-31(25)39)41-33(45-32)24-10-14-28(15-11-24)44-19-5-18-42/h1-4,6-16,20-21,32,42H,5,17-19,22H2,(H,40,43)/b8-4+/t32-,35-/m1/s1. The summed E-state index contributed by atoms with van der Waals surface area (Å²) in [5, 5.41) is 12.5. The highest BCUT2D eigenvalue weighted by atomic mass is 35.5. The summed E-state index contributed by atoms with van der Waals surface area (Å²) < 4.78 is 40.1. The van der Waals surface area contributed by atoms with Crippen molar-refractivity contribution >= 4 is 41.1 Å². The molecule has 0 saturated heterocycles. The highest BCUT2D eigenvalue weighted by Crippen LogP contribution is 2.45. The number of carbonyl (C=O) groups excluding carboxylic acids is 1. The summed E-state index contributed by atoms with van der Waals surface area (Å²) in [6.07, 6.45) is 3.31. The Bertz CT molecular complexity index is 1700. The molecule has 6 nitrogen and oxygen atoms in total. The maximum absolute atomic E-state index is 14.5. The number of nitrogens with one attached hydrogen (secondary N) is 1. The summed E-state index contributed by atoms with van der Waals surface area (Å²) in [4.78, 5) is 19.2. The summed E-state index contributed by atoms with van der Waals surface area (Å²) in [5.41, 5.74) is 0.527. The molecule has 2 N–H and O–H groups in total. The number of halogens is 4. The van der Waals surface area contributed by atoms with Gasteiger partial charge in [-0.1, -0.05) is 77.8 Å². The summed E-state index contributed by atoms with van der Waals surface area (Å²) in [6.45, 7) is 0.172. The van der Waals surface area contributed by atoms with Crippen LogP contribution in [0.5, 0.6) is 5.75 Å². The number of aliphatic imine (C=N–C) groups is 1. The molecule has 0 saturated carbocycles. The fourth-order valence-corrected chi connectivity index (χ4v) is 5.45. The predicted octanol–water partition coefficient (Wildman–Crippen LogP) is 7.71. The number of amides is 1. The molecule has 0 aliphatic carbocycles. The molecule has 0 aromatic heterocycles. The van der Waals surface area contributed by atoms with Crippen LogP contribution < -0.4 is 10.1 Å². The minimum absolute atomic E-state index is 0.0219. The van der Waals surface area contributed by atoms with Crippen molar-refractivity contribution in [3.8, 4) is 5.75 Å². The minimum Gasteiger partial charge on any atom is -0.494 e. The van der Waals surface area contributed by atoms with Crippen LogP contribution in [0.1, 0.15) is 41.2 Å². The second-order valence-corrected chi connectivity index (χ2v) is 11.2. The van der Waals surface area contributed by atoms with E-state index in [4.69, 9.17) is 42.8 Å². The first-order valence-corrected chi connectivity index (χ1v) is 15.0. The SMILES string of the molecule is O=C(NCc1ccc(F)cc1F)[C@]1(C/C=C/c2ccccc2)N=C(c2ccc(OCCCO)cc2)O[C@@H]1c1ccc(Cl)cc1Cl. The Morgan fingerprint density at radius 1 is 1.02 bits per heavy atom. The average Bonchev–Trinajstić information content (AvgIpc) is 3.42. The van der Waals surface area contributed by atoms with E-state index < -0.39 is 29.2 Å². The van der Waals surface area contributed by atoms with Crippen LogP contribution in [-0.2, 0) is 16.1 Å². The third kappa shape index (κ3) is 7.71. The van der Waals surface area contributed by atoms with Gasteiger partial charge in [-0.15, -0.1) is 0 Å². The molecule has 4 aromatic rings. The number of hydrogen-bond acceptors (Lipinski definition) is 5. The van der Waals surface area contributed by atoms with Gasteiger partial charge >= 0.3 is 0 Å². The molecule has 0 unspecified atom stereocenters. The largest absolute Gasteiger partial charge is 0.494 e. The van der Waals surface area contributed by atoms with Crippen LogP contribution in [-0.4, -0.2) is 35.7 Å². The Labute approximate surface area is 269 Å².